The predicted molar refractivity (Wildman–Crippen MR) is 105 cm³/mol. The zero-order valence-electron chi connectivity index (χ0n) is 15.9. The third kappa shape index (κ3) is 8.39. The molecule has 1 atom stereocenters. The SMILES string of the molecule is CCNC(=NCC(C)Oc1ccccc1OC)NCCNS(=O)(=O)CC. The van der Waals surface area contributed by atoms with Crippen molar-refractivity contribution in [3.63, 3.8) is 0 Å². The Labute approximate surface area is 156 Å². The zero-order valence-corrected chi connectivity index (χ0v) is 16.7. The van der Waals surface area contributed by atoms with E-state index in [9.17, 15) is 8.42 Å². The van der Waals surface area contributed by atoms with E-state index in [-0.39, 0.29) is 11.9 Å². The molecule has 8 nitrogen and oxygen atoms in total. The van der Waals surface area contributed by atoms with Crippen LogP contribution in [0.3, 0.4) is 0 Å². The highest BCUT2D eigenvalue weighted by molar-refractivity contribution is 7.89. The van der Waals surface area contributed by atoms with Gasteiger partial charge in [0.15, 0.2) is 17.5 Å². The summed E-state index contributed by atoms with van der Waals surface area (Å²) in [7, 11) is -1.58. The van der Waals surface area contributed by atoms with Crippen LogP contribution in [0.4, 0.5) is 0 Å². The molecule has 1 aromatic rings. The smallest absolute Gasteiger partial charge is 0.211 e. The van der Waals surface area contributed by atoms with Crippen molar-refractivity contribution in [3.8, 4) is 11.5 Å². The topological polar surface area (TPSA) is 101 Å². The van der Waals surface area contributed by atoms with Crippen LogP contribution >= 0.6 is 0 Å². The summed E-state index contributed by atoms with van der Waals surface area (Å²) < 4.78 is 36.4. The van der Waals surface area contributed by atoms with E-state index >= 15 is 0 Å². The molecule has 26 heavy (non-hydrogen) atoms. The van der Waals surface area contributed by atoms with E-state index in [0.29, 0.717) is 43.6 Å². The van der Waals surface area contributed by atoms with Gasteiger partial charge < -0.3 is 20.1 Å². The monoisotopic (exact) mass is 386 g/mol. The highest BCUT2D eigenvalue weighted by Crippen LogP contribution is 2.26. The summed E-state index contributed by atoms with van der Waals surface area (Å²) in [5, 5.41) is 6.21. The number of aliphatic imine (C=N–C) groups is 1. The molecular formula is C17H30N4O4S. The van der Waals surface area contributed by atoms with Gasteiger partial charge in [-0.05, 0) is 32.9 Å². The van der Waals surface area contributed by atoms with E-state index in [2.05, 4.69) is 20.3 Å². The van der Waals surface area contributed by atoms with Gasteiger partial charge in [-0.25, -0.2) is 18.1 Å². The third-order valence-corrected chi connectivity index (χ3v) is 4.77. The van der Waals surface area contributed by atoms with Gasteiger partial charge in [0, 0.05) is 19.6 Å². The Hall–Kier alpha value is -2.00. The molecule has 0 radical (unpaired) electrons. The lowest BCUT2D eigenvalue weighted by molar-refractivity contribution is 0.219. The molecule has 148 valence electrons. The van der Waals surface area contributed by atoms with Gasteiger partial charge in [0.2, 0.25) is 10.0 Å². The molecule has 1 rings (SSSR count). The highest BCUT2D eigenvalue weighted by atomic mass is 32.2. The van der Waals surface area contributed by atoms with Gasteiger partial charge in [-0.1, -0.05) is 12.1 Å². The standard InChI is InChI=1S/C17H30N4O4S/c1-5-18-17(19-11-12-21-26(22,23)6-2)20-13-14(3)25-16-10-8-7-9-15(16)24-4/h7-10,14,21H,5-6,11-13H2,1-4H3,(H2,18,19,20). The number of methoxy groups -OCH3 is 1. The van der Waals surface area contributed by atoms with Crippen LogP contribution < -0.4 is 24.8 Å². The van der Waals surface area contributed by atoms with Crippen molar-refractivity contribution in [2.24, 2.45) is 4.99 Å². The van der Waals surface area contributed by atoms with Crippen LogP contribution in [0.2, 0.25) is 0 Å². The van der Waals surface area contributed by atoms with Crippen molar-refractivity contribution in [3.05, 3.63) is 24.3 Å². The molecule has 3 N–H and O–H groups in total. The van der Waals surface area contributed by atoms with Gasteiger partial charge in [-0.15, -0.1) is 0 Å². The van der Waals surface area contributed by atoms with Crippen LogP contribution in [-0.2, 0) is 10.0 Å². The first-order valence-corrected chi connectivity index (χ1v) is 10.4. The number of rotatable bonds is 11. The highest BCUT2D eigenvalue weighted by Gasteiger charge is 2.09. The van der Waals surface area contributed by atoms with E-state index < -0.39 is 10.0 Å². The number of para-hydroxylation sites is 2. The van der Waals surface area contributed by atoms with Gasteiger partial charge >= 0.3 is 0 Å². The zero-order chi connectivity index (χ0) is 19.4. The van der Waals surface area contributed by atoms with Crippen LogP contribution in [0, 0.1) is 0 Å². The molecular weight excluding hydrogens is 356 g/mol. The van der Waals surface area contributed by atoms with Crippen molar-refractivity contribution in [2.45, 2.75) is 26.9 Å². The van der Waals surface area contributed by atoms with Crippen molar-refractivity contribution in [2.75, 3.05) is 39.0 Å². The van der Waals surface area contributed by atoms with E-state index in [1.165, 1.54) is 0 Å². The molecule has 0 aliphatic heterocycles. The van der Waals surface area contributed by atoms with Crippen LogP contribution in [0.1, 0.15) is 20.8 Å². The lowest BCUT2D eigenvalue weighted by Gasteiger charge is -2.16. The number of sulfonamides is 1. The predicted octanol–water partition coefficient (Wildman–Crippen LogP) is 0.957. The number of ether oxygens (including phenoxy) is 2. The summed E-state index contributed by atoms with van der Waals surface area (Å²) in [6.45, 7) is 7.37. The van der Waals surface area contributed by atoms with E-state index in [1.54, 1.807) is 14.0 Å². The van der Waals surface area contributed by atoms with Gasteiger partial charge in [0.25, 0.3) is 0 Å². The second kappa shape index (κ2) is 11.6. The molecule has 0 spiro atoms. The average molecular weight is 387 g/mol. The van der Waals surface area contributed by atoms with Crippen LogP contribution in [-0.4, -0.2) is 59.5 Å². The Morgan fingerprint density at radius 2 is 1.85 bits per heavy atom. The van der Waals surface area contributed by atoms with Crippen LogP contribution in [0.25, 0.3) is 0 Å². The molecule has 0 saturated heterocycles. The molecule has 0 amide bonds. The van der Waals surface area contributed by atoms with Crippen LogP contribution in [0.15, 0.2) is 29.3 Å². The first-order valence-electron chi connectivity index (χ1n) is 8.71. The third-order valence-electron chi connectivity index (χ3n) is 3.37. The Kier molecular flexibility index (Phi) is 9.82. The normalized spacial score (nSPS) is 13.2. The molecule has 0 aliphatic rings. The van der Waals surface area contributed by atoms with Crippen molar-refractivity contribution >= 4 is 16.0 Å². The maximum absolute atomic E-state index is 11.4. The van der Waals surface area contributed by atoms with E-state index in [0.717, 1.165) is 0 Å². The number of hydrogen-bond donors (Lipinski definition) is 3. The largest absolute Gasteiger partial charge is 0.493 e. The van der Waals surface area contributed by atoms with Crippen molar-refractivity contribution in [1.82, 2.24) is 15.4 Å². The molecule has 1 unspecified atom stereocenters. The first kappa shape index (κ1) is 22.0. The number of guanidine groups is 1. The Bertz CT molecular complexity index is 664. The fourth-order valence-electron chi connectivity index (χ4n) is 2.02. The summed E-state index contributed by atoms with van der Waals surface area (Å²) in [5.41, 5.74) is 0. The summed E-state index contributed by atoms with van der Waals surface area (Å²) in [5.74, 6) is 2.03. The van der Waals surface area contributed by atoms with Crippen molar-refractivity contribution < 1.29 is 17.9 Å². The summed E-state index contributed by atoms with van der Waals surface area (Å²) in [4.78, 5) is 4.47. The Morgan fingerprint density at radius 1 is 1.15 bits per heavy atom. The summed E-state index contributed by atoms with van der Waals surface area (Å²) >= 11 is 0. The van der Waals surface area contributed by atoms with Gasteiger partial charge in [0.1, 0.15) is 6.10 Å². The number of hydrogen-bond acceptors (Lipinski definition) is 5. The maximum Gasteiger partial charge on any atom is 0.211 e. The van der Waals surface area contributed by atoms with Gasteiger partial charge in [-0.2, -0.15) is 0 Å². The fourth-order valence-corrected chi connectivity index (χ4v) is 2.64. The number of benzene rings is 1. The lowest BCUT2D eigenvalue weighted by Crippen LogP contribution is -2.42. The summed E-state index contributed by atoms with van der Waals surface area (Å²) in [6, 6.07) is 7.46. The van der Waals surface area contributed by atoms with Gasteiger partial charge in [0.05, 0.1) is 19.4 Å². The number of nitrogens with zero attached hydrogens (tertiary/aromatic N) is 1. The van der Waals surface area contributed by atoms with Gasteiger partial charge in [-0.3, -0.25) is 0 Å². The van der Waals surface area contributed by atoms with Crippen LogP contribution in [0.5, 0.6) is 11.5 Å². The number of nitrogens with one attached hydrogen (secondary N) is 3. The van der Waals surface area contributed by atoms with E-state index in [4.69, 9.17) is 9.47 Å². The first-order chi connectivity index (χ1) is 12.4. The minimum absolute atomic E-state index is 0.0684. The Balaban J connectivity index is 2.51. The molecule has 9 heteroatoms. The second-order valence-electron chi connectivity index (χ2n) is 5.52. The average Bonchev–Trinajstić information content (AvgIpc) is 2.63. The minimum atomic E-state index is -3.18. The quantitative estimate of drug-likeness (QED) is 0.297. The minimum Gasteiger partial charge on any atom is -0.493 e. The Morgan fingerprint density at radius 3 is 2.46 bits per heavy atom. The lowest BCUT2D eigenvalue weighted by atomic mass is 10.3. The molecule has 0 fully saturated rings. The molecule has 1 aromatic carbocycles. The molecule has 0 aromatic heterocycles. The summed E-state index contributed by atoms with van der Waals surface area (Å²) in [6.07, 6.45) is -0.152. The molecule has 0 aliphatic carbocycles. The van der Waals surface area contributed by atoms with E-state index in [1.807, 2.05) is 38.1 Å². The molecule has 0 heterocycles. The fraction of sp³-hybridized carbons (Fsp3) is 0.588. The molecule has 0 saturated carbocycles. The second-order valence-corrected chi connectivity index (χ2v) is 7.62. The van der Waals surface area contributed by atoms with Crippen molar-refractivity contribution in [1.29, 1.82) is 0 Å². The maximum atomic E-state index is 11.4. The molecule has 0 bridgehead atoms.